The first-order valence-electron chi connectivity index (χ1n) is 6.76. The summed E-state index contributed by atoms with van der Waals surface area (Å²) < 4.78 is 0. The van der Waals surface area contributed by atoms with Crippen molar-refractivity contribution in [3.8, 4) is 0 Å². The van der Waals surface area contributed by atoms with Gasteiger partial charge in [0, 0.05) is 7.05 Å². The van der Waals surface area contributed by atoms with Crippen LogP contribution in [-0.4, -0.2) is 18.9 Å². The first-order chi connectivity index (χ1) is 10.1. The summed E-state index contributed by atoms with van der Waals surface area (Å²) in [5.74, 6) is -2.09. The standard InChI is InChI=1S/C17H18N2O2/c1-19-17(21)15(13-10-6-3-7-11-13)14(16(18)20)12-8-4-2-5-9-12/h2-11,14-15H,1H3,(H2,18,20)(H,19,21). The Kier molecular flexibility index (Phi) is 4.72. The number of rotatable bonds is 5. The highest BCUT2D eigenvalue weighted by atomic mass is 16.2. The number of nitrogens with two attached hydrogens (primary N) is 1. The number of amides is 2. The molecule has 0 spiro atoms. The molecule has 0 fully saturated rings. The number of carbonyl (C=O) groups is 2. The number of carbonyl (C=O) groups excluding carboxylic acids is 2. The second-order valence-corrected chi connectivity index (χ2v) is 4.79. The summed E-state index contributed by atoms with van der Waals surface area (Å²) in [6.07, 6.45) is 0. The normalized spacial score (nSPS) is 13.2. The molecule has 3 N–H and O–H groups in total. The van der Waals surface area contributed by atoms with Crippen molar-refractivity contribution in [2.75, 3.05) is 7.05 Å². The minimum atomic E-state index is -0.700. The first kappa shape index (κ1) is 14.8. The molecule has 2 unspecified atom stereocenters. The monoisotopic (exact) mass is 282 g/mol. The molecule has 4 nitrogen and oxygen atoms in total. The van der Waals surface area contributed by atoms with E-state index in [1.165, 1.54) is 0 Å². The van der Waals surface area contributed by atoms with Crippen LogP contribution >= 0.6 is 0 Å². The van der Waals surface area contributed by atoms with Crippen LogP contribution in [0.5, 0.6) is 0 Å². The van der Waals surface area contributed by atoms with Gasteiger partial charge in [0.2, 0.25) is 11.8 Å². The Morgan fingerprint density at radius 3 is 1.67 bits per heavy atom. The smallest absolute Gasteiger partial charge is 0.228 e. The summed E-state index contributed by atoms with van der Waals surface area (Å²) in [6.45, 7) is 0. The lowest BCUT2D eigenvalue weighted by atomic mass is 9.80. The minimum absolute atomic E-state index is 0.228. The summed E-state index contributed by atoms with van der Waals surface area (Å²) in [5.41, 5.74) is 7.09. The van der Waals surface area contributed by atoms with E-state index in [1.807, 2.05) is 60.7 Å². The van der Waals surface area contributed by atoms with E-state index in [1.54, 1.807) is 7.05 Å². The van der Waals surface area contributed by atoms with Crippen molar-refractivity contribution in [3.05, 3.63) is 71.8 Å². The Bertz CT molecular complexity index is 611. The van der Waals surface area contributed by atoms with Crippen molar-refractivity contribution < 1.29 is 9.59 Å². The molecule has 0 aromatic heterocycles. The van der Waals surface area contributed by atoms with Crippen molar-refractivity contribution >= 4 is 11.8 Å². The summed E-state index contributed by atoms with van der Waals surface area (Å²) in [7, 11) is 1.56. The van der Waals surface area contributed by atoms with Gasteiger partial charge in [0.1, 0.15) is 0 Å². The van der Waals surface area contributed by atoms with E-state index < -0.39 is 17.7 Å². The third-order valence-corrected chi connectivity index (χ3v) is 3.49. The van der Waals surface area contributed by atoms with Crippen molar-refractivity contribution in [1.29, 1.82) is 0 Å². The molecule has 2 aromatic carbocycles. The Labute approximate surface area is 124 Å². The second-order valence-electron chi connectivity index (χ2n) is 4.79. The summed E-state index contributed by atoms with van der Waals surface area (Å²) >= 11 is 0. The van der Waals surface area contributed by atoms with Gasteiger partial charge in [-0.1, -0.05) is 60.7 Å². The zero-order valence-electron chi connectivity index (χ0n) is 11.8. The molecule has 0 radical (unpaired) electrons. The van der Waals surface area contributed by atoms with Gasteiger partial charge in [0.05, 0.1) is 11.8 Å². The molecule has 2 aromatic rings. The SMILES string of the molecule is CNC(=O)C(c1ccccc1)C(C(N)=O)c1ccccc1. The topological polar surface area (TPSA) is 72.2 Å². The number of nitrogens with one attached hydrogen (secondary N) is 1. The largest absolute Gasteiger partial charge is 0.369 e. The third kappa shape index (κ3) is 3.28. The third-order valence-electron chi connectivity index (χ3n) is 3.49. The molecule has 4 heteroatoms. The van der Waals surface area contributed by atoms with E-state index in [9.17, 15) is 9.59 Å². The zero-order chi connectivity index (χ0) is 15.2. The predicted molar refractivity (Wildman–Crippen MR) is 81.6 cm³/mol. The second kappa shape index (κ2) is 6.70. The highest BCUT2D eigenvalue weighted by molar-refractivity contribution is 5.94. The maximum absolute atomic E-state index is 12.3. The number of hydrogen-bond acceptors (Lipinski definition) is 2. The summed E-state index contributed by atoms with van der Waals surface area (Å²) in [5, 5.41) is 2.62. The predicted octanol–water partition coefficient (Wildman–Crippen LogP) is 1.79. The van der Waals surface area contributed by atoms with Crippen LogP contribution in [0.3, 0.4) is 0 Å². The van der Waals surface area contributed by atoms with Crippen molar-refractivity contribution in [1.82, 2.24) is 5.32 Å². The van der Waals surface area contributed by atoms with Gasteiger partial charge in [-0.05, 0) is 11.1 Å². The minimum Gasteiger partial charge on any atom is -0.369 e. The average molecular weight is 282 g/mol. The van der Waals surface area contributed by atoms with E-state index in [0.29, 0.717) is 0 Å². The molecular formula is C17H18N2O2. The Hall–Kier alpha value is -2.62. The average Bonchev–Trinajstić information content (AvgIpc) is 2.53. The molecule has 0 aliphatic carbocycles. The van der Waals surface area contributed by atoms with Crippen LogP contribution in [0.4, 0.5) is 0 Å². The molecule has 0 aliphatic rings. The molecule has 21 heavy (non-hydrogen) atoms. The van der Waals surface area contributed by atoms with E-state index in [0.717, 1.165) is 11.1 Å². The first-order valence-corrected chi connectivity index (χ1v) is 6.76. The molecular weight excluding hydrogens is 264 g/mol. The Balaban J connectivity index is 2.52. The molecule has 0 saturated carbocycles. The summed E-state index contributed by atoms with van der Waals surface area (Å²) in [6, 6.07) is 18.4. The fraction of sp³-hybridized carbons (Fsp3) is 0.176. The summed E-state index contributed by atoms with van der Waals surface area (Å²) in [4.78, 5) is 24.3. The van der Waals surface area contributed by atoms with E-state index in [-0.39, 0.29) is 5.91 Å². The van der Waals surface area contributed by atoms with Crippen LogP contribution in [0.2, 0.25) is 0 Å². The molecule has 2 amide bonds. The van der Waals surface area contributed by atoms with Gasteiger partial charge in [-0.15, -0.1) is 0 Å². The molecule has 0 saturated heterocycles. The lowest BCUT2D eigenvalue weighted by molar-refractivity contribution is -0.127. The molecule has 0 bridgehead atoms. The number of primary amides is 1. The molecule has 108 valence electrons. The number of hydrogen-bond donors (Lipinski definition) is 2. The van der Waals surface area contributed by atoms with Crippen molar-refractivity contribution in [3.63, 3.8) is 0 Å². The molecule has 2 rings (SSSR count). The van der Waals surface area contributed by atoms with Crippen LogP contribution < -0.4 is 11.1 Å². The van der Waals surface area contributed by atoms with Crippen LogP contribution in [-0.2, 0) is 9.59 Å². The molecule has 0 heterocycles. The van der Waals surface area contributed by atoms with Crippen LogP contribution in [0.25, 0.3) is 0 Å². The van der Waals surface area contributed by atoms with Crippen LogP contribution in [0.15, 0.2) is 60.7 Å². The van der Waals surface area contributed by atoms with Crippen molar-refractivity contribution in [2.24, 2.45) is 5.73 Å². The van der Waals surface area contributed by atoms with Crippen LogP contribution in [0, 0.1) is 0 Å². The van der Waals surface area contributed by atoms with Gasteiger partial charge in [0.25, 0.3) is 0 Å². The zero-order valence-corrected chi connectivity index (χ0v) is 11.8. The van der Waals surface area contributed by atoms with Gasteiger partial charge in [-0.25, -0.2) is 0 Å². The lowest BCUT2D eigenvalue weighted by Gasteiger charge is -2.24. The van der Waals surface area contributed by atoms with E-state index in [4.69, 9.17) is 5.73 Å². The maximum atomic E-state index is 12.3. The highest BCUT2D eigenvalue weighted by Crippen LogP contribution is 2.33. The maximum Gasteiger partial charge on any atom is 0.228 e. The van der Waals surface area contributed by atoms with Gasteiger partial charge in [-0.3, -0.25) is 9.59 Å². The van der Waals surface area contributed by atoms with Crippen molar-refractivity contribution in [2.45, 2.75) is 11.8 Å². The van der Waals surface area contributed by atoms with Gasteiger partial charge >= 0.3 is 0 Å². The van der Waals surface area contributed by atoms with E-state index in [2.05, 4.69) is 5.32 Å². The fourth-order valence-corrected chi connectivity index (χ4v) is 2.49. The lowest BCUT2D eigenvalue weighted by Crippen LogP contribution is -2.36. The van der Waals surface area contributed by atoms with Crippen LogP contribution in [0.1, 0.15) is 23.0 Å². The van der Waals surface area contributed by atoms with E-state index >= 15 is 0 Å². The Morgan fingerprint density at radius 2 is 1.29 bits per heavy atom. The molecule has 0 aliphatic heterocycles. The quantitative estimate of drug-likeness (QED) is 0.877. The van der Waals surface area contributed by atoms with Gasteiger partial charge < -0.3 is 11.1 Å². The van der Waals surface area contributed by atoms with Gasteiger partial charge in [-0.2, -0.15) is 0 Å². The van der Waals surface area contributed by atoms with Gasteiger partial charge in [0.15, 0.2) is 0 Å². The molecule has 2 atom stereocenters. The fourth-order valence-electron chi connectivity index (χ4n) is 2.49. The Morgan fingerprint density at radius 1 is 0.857 bits per heavy atom. The highest BCUT2D eigenvalue weighted by Gasteiger charge is 2.34. The number of likely N-dealkylation sites (N-methyl/N-ethyl adjacent to an activating group) is 1. The number of benzene rings is 2.